The summed E-state index contributed by atoms with van der Waals surface area (Å²) in [6.45, 7) is 5.59. The lowest BCUT2D eigenvalue weighted by molar-refractivity contribution is 0.120. The summed E-state index contributed by atoms with van der Waals surface area (Å²) < 4.78 is 7.79. The van der Waals surface area contributed by atoms with Gasteiger partial charge in [-0.1, -0.05) is 17.7 Å². The van der Waals surface area contributed by atoms with Gasteiger partial charge >= 0.3 is 0 Å². The summed E-state index contributed by atoms with van der Waals surface area (Å²) in [5.41, 5.74) is 5.00. The highest BCUT2D eigenvalue weighted by Gasteiger charge is 2.21. The summed E-state index contributed by atoms with van der Waals surface area (Å²) in [6, 6.07) is 12.0. The van der Waals surface area contributed by atoms with Gasteiger partial charge in [0.15, 0.2) is 0 Å². The Morgan fingerprint density at radius 3 is 3.00 bits per heavy atom. The molecule has 0 aliphatic carbocycles. The number of nitrogens with one attached hydrogen (secondary N) is 2. The SMILES string of the molecule is Cc1ccc2[nH]c(=O)c(-c3nc4c(C)cccn4c3NC[C@H]3CCCO3)cc2c1. The predicted molar refractivity (Wildman–Crippen MR) is 116 cm³/mol. The quantitative estimate of drug-likeness (QED) is 0.553. The number of ether oxygens (including phenoxy) is 1. The van der Waals surface area contributed by atoms with Gasteiger partial charge in [0.25, 0.3) is 5.56 Å². The van der Waals surface area contributed by atoms with Crippen molar-refractivity contribution in [2.45, 2.75) is 32.8 Å². The molecule has 0 amide bonds. The third-order valence-electron chi connectivity index (χ3n) is 5.62. The number of fused-ring (bicyclic) bond motifs is 2. The summed E-state index contributed by atoms with van der Waals surface area (Å²) >= 11 is 0. The molecule has 0 radical (unpaired) electrons. The van der Waals surface area contributed by atoms with Gasteiger partial charge in [-0.2, -0.15) is 0 Å². The molecule has 1 fully saturated rings. The van der Waals surface area contributed by atoms with Crippen LogP contribution in [-0.4, -0.2) is 33.6 Å². The van der Waals surface area contributed by atoms with Gasteiger partial charge in [-0.15, -0.1) is 0 Å². The highest BCUT2D eigenvalue weighted by atomic mass is 16.5. The second-order valence-corrected chi connectivity index (χ2v) is 7.81. The minimum atomic E-state index is -0.137. The zero-order chi connectivity index (χ0) is 20.0. The minimum Gasteiger partial charge on any atom is -0.376 e. The maximum Gasteiger partial charge on any atom is 0.258 e. The fourth-order valence-electron chi connectivity index (χ4n) is 4.08. The van der Waals surface area contributed by atoms with Crippen molar-refractivity contribution in [2.75, 3.05) is 18.5 Å². The van der Waals surface area contributed by atoms with Crippen LogP contribution in [0.2, 0.25) is 0 Å². The standard InChI is InChI=1S/C23H24N4O2/c1-14-7-8-19-16(11-14)12-18(23(28)25-19)20-22(24-13-17-6-4-10-29-17)27-9-3-5-15(2)21(27)26-20/h3,5,7-9,11-12,17,24H,4,6,10,13H2,1-2H3,(H,25,28)/t17-/m1/s1. The molecule has 1 atom stereocenters. The van der Waals surface area contributed by atoms with Crippen molar-refractivity contribution in [3.63, 3.8) is 0 Å². The molecule has 6 heteroatoms. The number of nitrogens with zero attached hydrogens (tertiary/aromatic N) is 2. The van der Waals surface area contributed by atoms with Gasteiger partial charge in [-0.05, 0) is 61.9 Å². The molecule has 5 rings (SSSR count). The Bertz CT molecular complexity index is 1270. The molecule has 0 spiro atoms. The molecule has 4 heterocycles. The Labute approximate surface area is 168 Å². The Morgan fingerprint density at radius 1 is 1.28 bits per heavy atom. The van der Waals surface area contributed by atoms with Crippen LogP contribution in [0.4, 0.5) is 5.82 Å². The Balaban J connectivity index is 1.68. The van der Waals surface area contributed by atoms with Gasteiger partial charge < -0.3 is 15.0 Å². The van der Waals surface area contributed by atoms with E-state index in [2.05, 4.69) is 16.4 Å². The highest BCUT2D eigenvalue weighted by molar-refractivity contribution is 5.86. The van der Waals surface area contributed by atoms with Gasteiger partial charge in [-0.3, -0.25) is 9.20 Å². The minimum absolute atomic E-state index is 0.137. The number of anilines is 1. The zero-order valence-electron chi connectivity index (χ0n) is 16.7. The van der Waals surface area contributed by atoms with E-state index in [0.29, 0.717) is 17.8 Å². The monoisotopic (exact) mass is 388 g/mol. The number of aromatic nitrogens is 3. The van der Waals surface area contributed by atoms with E-state index in [9.17, 15) is 4.79 Å². The summed E-state index contributed by atoms with van der Waals surface area (Å²) in [4.78, 5) is 20.8. The van der Waals surface area contributed by atoms with E-state index in [-0.39, 0.29) is 11.7 Å². The van der Waals surface area contributed by atoms with Gasteiger partial charge in [-0.25, -0.2) is 4.98 Å². The largest absolute Gasteiger partial charge is 0.376 e. The average Bonchev–Trinajstić information content (AvgIpc) is 3.34. The van der Waals surface area contributed by atoms with Crippen molar-refractivity contribution in [1.82, 2.24) is 14.4 Å². The molecule has 1 aromatic carbocycles. The summed E-state index contributed by atoms with van der Waals surface area (Å²) in [5, 5.41) is 4.51. The van der Waals surface area contributed by atoms with Crippen LogP contribution in [-0.2, 0) is 4.74 Å². The van der Waals surface area contributed by atoms with Crippen molar-refractivity contribution in [2.24, 2.45) is 0 Å². The molecule has 6 nitrogen and oxygen atoms in total. The Hall–Kier alpha value is -3.12. The van der Waals surface area contributed by atoms with Gasteiger partial charge in [0, 0.05) is 24.9 Å². The molecular formula is C23H24N4O2. The lowest BCUT2D eigenvalue weighted by atomic mass is 10.1. The molecule has 0 bridgehead atoms. The van der Waals surface area contributed by atoms with Gasteiger partial charge in [0.2, 0.25) is 0 Å². The summed E-state index contributed by atoms with van der Waals surface area (Å²) in [7, 11) is 0. The predicted octanol–water partition coefficient (Wildman–Crippen LogP) is 4.05. The molecule has 4 aromatic rings. The number of aromatic amines is 1. The van der Waals surface area contributed by atoms with Crippen molar-refractivity contribution in [1.29, 1.82) is 0 Å². The van der Waals surface area contributed by atoms with Crippen LogP contribution >= 0.6 is 0 Å². The van der Waals surface area contributed by atoms with Crippen LogP contribution in [0.3, 0.4) is 0 Å². The zero-order valence-corrected chi connectivity index (χ0v) is 16.7. The normalized spacial score (nSPS) is 16.7. The molecule has 148 valence electrons. The fraction of sp³-hybridized carbons (Fsp3) is 0.304. The molecule has 0 saturated carbocycles. The van der Waals surface area contributed by atoms with Crippen LogP contribution < -0.4 is 10.9 Å². The lowest BCUT2D eigenvalue weighted by Crippen LogP contribution is -2.20. The van der Waals surface area contributed by atoms with Crippen LogP contribution in [0.15, 0.2) is 47.4 Å². The first kappa shape index (κ1) is 17.9. The number of hydrogen-bond donors (Lipinski definition) is 2. The van der Waals surface area contributed by atoms with Crippen LogP contribution in [0.5, 0.6) is 0 Å². The number of H-pyrrole nitrogens is 1. The van der Waals surface area contributed by atoms with E-state index >= 15 is 0 Å². The number of imidazole rings is 1. The van der Waals surface area contributed by atoms with Gasteiger partial charge in [0.1, 0.15) is 17.2 Å². The summed E-state index contributed by atoms with van der Waals surface area (Å²) in [5.74, 6) is 0.830. The molecule has 2 N–H and O–H groups in total. The third kappa shape index (κ3) is 3.19. The summed E-state index contributed by atoms with van der Waals surface area (Å²) in [6.07, 6.45) is 4.31. The lowest BCUT2D eigenvalue weighted by Gasteiger charge is -2.13. The van der Waals surface area contributed by atoms with E-state index in [1.807, 2.05) is 54.8 Å². The molecule has 0 unspecified atom stereocenters. The van der Waals surface area contributed by atoms with Crippen LogP contribution in [0, 0.1) is 13.8 Å². The number of aryl methyl sites for hydroxylation is 2. The second-order valence-electron chi connectivity index (χ2n) is 7.81. The highest BCUT2D eigenvalue weighted by Crippen LogP contribution is 2.30. The van der Waals surface area contributed by atoms with Crippen molar-refractivity contribution in [3.8, 4) is 11.3 Å². The van der Waals surface area contributed by atoms with E-state index in [0.717, 1.165) is 52.9 Å². The number of hydrogen-bond acceptors (Lipinski definition) is 4. The number of benzene rings is 1. The first-order chi connectivity index (χ1) is 14.1. The van der Waals surface area contributed by atoms with Crippen molar-refractivity contribution in [3.05, 3.63) is 64.1 Å². The first-order valence-electron chi connectivity index (χ1n) is 10.1. The topological polar surface area (TPSA) is 71.4 Å². The van der Waals surface area contributed by atoms with Crippen molar-refractivity contribution >= 4 is 22.4 Å². The fourth-order valence-corrected chi connectivity index (χ4v) is 4.08. The molecule has 3 aromatic heterocycles. The maximum atomic E-state index is 12.9. The van der Waals surface area contributed by atoms with E-state index in [1.165, 1.54) is 0 Å². The van der Waals surface area contributed by atoms with Crippen molar-refractivity contribution < 1.29 is 4.74 Å². The maximum absolute atomic E-state index is 12.9. The van der Waals surface area contributed by atoms with Crippen LogP contribution in [0.25, 0.3) is 27.8 Å². The second kappa shape index (κ2) is 7.04. The first-order valence-corrected chi connectivity index (χ1v) is 10.1. The van der Waals surface area contributed by atoms with Crippen LogP contribution in [0.1, 0.15) is 24.0 Å². The molecular weight excluding hydrogens is 364 g/mol. The average molecular weight is 388 g/mol. The molecule has 29 heavy (non-hydrogen) atoms. The Kier molecular flexibility index (Phi) is 4.36. The molecule has 1 aliphatic heterocycles. The van der Waals surface area contributed by atoms with Gasteiger partial charge in [0.05, 0.1) is 11.7 Å². The number of pyridine rings is 2. The molecule has 1 saturated heterocycles. The molecule has 1 aliphatic rings. The van der Waals surface area contributed by atoms with E-state index in [1.54, 1.807) is 0 Å². The number of rotatable bonds is 4. The van der Waals surface area contributed by atoms with E-state index < -0.39 is 0 Å². The Morgan fingerprint density at radius 2 is 2.17 bits per heavy atom. The smallest absolute Gasteiger partial charge is 0.258 e. The third-order valence-corrected chi connectivity index (χ3v) is 5.62. The van der Waals surface area contributed by atoms with E-state index in [4.69, 9.17) is 9.72 Å².